The van der Waals surface area contributed by atoms with E-state index in [2.05, 4.69) is 44.4 Å². The van der Waals surface area contributed by atoms with Crippen molar-refractivity contribution in [2.45, 2.75) is 25.8 Å². The molecule has 0 fully saturated rings. The molecule has 1 unspecified atom stereocenters. The molecule has 0 spiro atoms. The second kappa shape index (κ2) is 5.75. The fourth-order valence-electron chi connectivity index (χ4n) is 1.42. The molecular weight excluding hydrogens is 302 g/mol. The van der Waals surface area contributed by atoms with Gasteiger partial charge < -0.3 is 9.84 Å². The highest BCUT2D eigenvalue weighted by atomic mass is 79.9. The summed E-state index contributed by atoms with van der Waals surface area (Å²) in [5, 5.41) is 7.12. The molecule has 0 aliphatic rings. The van der Waals surface area contributed by atoms with Gasteiger partial charge >= 0.3 is 0 Å². The van der Waals surface area contributed by atoms with E-state index in [4.69, 9.17) is 4.52 Å². The lowest BCUT2D eigenvalue weighted by Crippen LogP contribution is -2.24. The zero-order chi connectivity index (χ0) is 12.3. The van der Waals surface area contributed by atoms with Crippen LogP contribution in [0.1, 0.15) is 23.5 Å². The molecule has 6 heteroatoms. The molecule has 2 rings (SSSR count). The van der Waals surface area contributed by atoms with Crippen LogP contribution in [0.4, 0.5) is 0 Å². The third-order valence-electron chi connectivity index (χ3n) is 2.45. The first-order valence-corrected chi connectivity index (χ1v) is 7.01. The topological polar surface area (TPSA) is 51.0 Å². The van der Waals surface area contributed by atoms with Crippen LogP contribution in [0.15, 0.2) is 20.4 Å². The van der Waals surface area contributed by atoms with Crippen LogP contribution in [0.3, 0.4) is 0 Å². The van der Waals surface area contributed by atoms with E-state index in [0.717, 1.165) is 16.0 Å². The molecule has 2 heterocycles. The van der Waals surface area contributed by atoms with E-state index in [1.165, 1.54) is 4.88 Å². The Morgan fingerprint density at radius 3 is 3.00 bits per heavy atom. The van der Waals surface area contributed by atoms with Crippen LogP contribution >= 0.6 is 27.3 Å². The fraction of sp³-hybridized carbons (Fsp3) is 0.455. The lowest BCUT2D eigenvalue weighted by atomic mass is 10.2. The molecule has 0 aliphatic heterocycles. The van der Waals surface area contributed by atoms with Gasteiger partial charge in [-0.2, -0.15) is 4.98 Å². The lowest BCUT2D eigenvalue weighted by molar-refractivity contribution is 0.377. The summed E-state index contributed by atoms with van der Waals surface area (Å²) >= 11 is 5.12. The Labute approximate surface area is 113 Å². The van der Waals surface area contributed by atoms with Gasteiger partial charge in [0.1, 0.15) is 0 Å². The number of rotatable bonds is 5. The third kappa shape index (κ3) is 3.62. The van der Waals surface area contributed by atoms with E-state index in [9.17, 15) is 0 Å². The number of nitrogens with one attached hydrogen (secondary N) is 1. The highest BCUT2D eigenvalue weighted by Crippen LogP contribution is 2.23. The van der Waals surface area contributed by atoms with Gasteiger partial charge in [0, 0.05) is 17.3 Å². The largest absolute Gasteiger partial charge is 0.339 e. The first-order chi connectivity index (χ1) is 8.17. The van der Waals surface area contributed by atoms with Gasteiger partial charge in [-0.3, -0.25) is 0 Å². The number of nitrogens with zero attached hydrogens (tertiary/aromatic N) is 2. The molecule has 1 atom stereocenters. The van der Waals surface area contributed by atoms with Crippen molar-refractivity contribution in [3.63, 3.8) is 0 Å². The molecule has 2 aromatic rings. The fourth-order valence-corrected chi connectivity index (χ4v) is 2.89. The molecule has 0 saturated heterocycles. The van der Waals surface area contributed by atoms with Crippen LogP contribution in [-0.2, 0) is 12.8 Å². The van der Waals surface area contributed by atoms with Crippen molar-refractivity contribution < 1.29 is 4.52 Å². The van der Waals surface area contributed by atoms with Gasteiger partial charge in [0.2, 0.25) is 5.89 Å². The zero-order valence-corrected chi connectivity index (χ0v) is 12.1. The van der Waals surface area contributed by atoms with Crippen LogP contribution < -0.4 is 5.32 Å². The Balaban J connectivity index is 1.98. The summed E-state index contributed by atoms with van der Waals surface area (Å²) in [7, 11) is 1.93. The highest BCUT2D eigenvalue weighted by molar-refractivity contribution is 9.11. The molecule has 0 aliphatic carbocycles. The number of hydrogen-bond donors (Lipinski definition) is 1. The predicted molar refractivity (Wildman–Crippen MR) is 71.3 cm³/mol. The van der Waals surface area contributed by atoms with E-state index in [0.29, 0.717) is 18.4 Å². The molecule has 0 saturated carbocycles. The predicted octanol–water partition coefficient (Wildman–Crippen LogP) is 2.63. The third-order valence-corrected chi connectivity index (χ3v) is 4.07. The molecule has 4 nitrogen and oxygen atoms in total. The summed E-state index contributed by atoms with van der Waals surface area (Å²) in [5.41, 5.74) is 0. The van der Waals surface area contributed by atoms with Gasteiger partial charge in [-0.15, -0.1) is 11.3 Å². The van der Waals surface area contributed by atoms with Gasteiger partial charge in [0.15, 0.2) is 5.82 Å². The molecule has 0 amide bonds. The average molecular weight is 316 g/mol. The highest BCUT2D eigenvalue weighted by Gasteiger charge is 2.10. The summed E-state index contributed by atoms with van der Waals surface area (Å²) in [4.78, 5) is 5.59. The van der Waals surface area contributed by atoms with E-state index < -0.39 is 0 Å². The Hall–Kier alpha value is -0.720. The van der Waals surface area contributed by atoms with Crippen LogP contribution in [0.25, 0.3) is 0 Å². The molecule has 17 heavy (non-hydrogen) atoms. The number of likely N-dealkylation sites (N-methyl/N-ethyl adjacent to an activating group) is 1. The Morgan fingerprint density at radius 1 is 1.53 bits per heavy atom. The summed E-state index contributed by atoms with van der Waals surface area (Å²) < 4.78 is 6.35. The van der Waals surface area contributed by atoms with E-state index >= 15 is 0 Å². The minimum atomic E-state index is 0.358. The van der Waals surface area contributed by atoms with Crippen LogP contribution in [0.2, 0.25) is 0 Å². The van der Waals surface area contributed by atoms with Crippen molar-refractivity contribution in [3.8, 4) is 0 Å². The number of thiophene rings is 1. The Kier molecular flexibility index (Phi) is 4.31. The molecule has 2 aromatic heterocycles. The van der Waals surface area contributed by atoms with Gasteiger partial charge in [-0.25, -0.2) is 0 Å². The number of halogens is 1. The smallest absolute Gasteiger partial charge is 0.231 e. The maximum absolute atomic E-state index is 5.23. The first kappa shape index (κ1) is 12.7. The van der Waals surface area contributed by atoms with Crippen molar-refractivity contribution in [1.82, 2.24) is 15.5 Å². The molecule has 0 radical (unpaired) electrons. The molecule has 0 bridgehead atoms. The number of aromatic nitrogens is 2. The minimum Gasteiger partial charge on any atom is -0.339 e. The molecular formula is C11H14BrN3OS. The summed E-state index contributed by atoms with van der Waals surface area (Å²) in [6.07, 6.45) is 1.49. The minimum absolute atomic E-state index is 0.358. The van der Waals surface area contributed by atoms with Crippen LogP contribution in [0, 0.1) is 0 Å². The maximum atomic E-state index is 5.23. The van der Waals surface area contributed by atoms with Crippen LogP contribution in [-0.4, -0.2) is 23.2 Å². The summed E-state index contributed by atoms with van der Waals surface area (Å²) in [6.45, 7) is 2.09. The average Bonchev–Trinajstić information content (AvgIpc) is 2.89. The van der Waals surface area contributed by atoms with Crippen molar-refractivity contribution in [1.29, 1.82) is 0 Å². The van der Waals surface area contributed by atoms with E-state index in [1.54, 1.807) is 11.3 Å². The van der Waals surface area contributed by atoms with Gasteiger partial charge in [-0.1, -0.05) is 5.16 Å². The zero-order valence-electron chi connectivity index (χ0n) is 9.74. The molecule has 92 valence electrons. The maximum Gasteiger partial charge on any atom is 0.231 e. The second-order valence-corrected chi connectivity index (χ2v) is 6.43. The Morgan fingerprint density at radius 2 is 2.35 bits per heavy atom. The van der Waals surface area contributed by atoms with Gasteiger partial charge in [0.05, 0.1) is 10.2 Å². The first-order valence-electron chi connectivity index (χ1n) is 5.40. The lowest BCUT2D eigenvalue weighted by Gasteiger charge is -2.04. The normalized spacial score (nSPS) is 12.9. The standard InChI is InChI=1S/C11H14BrN3OS/c1-7(13-2)5-10-14-11(16-15-10)6-8-3-4-9(12)17-8/h3-4,7,13H,5-6H2,1-2H3. The SMILES string of the molecule is CNC(C)Cc1noc(Cc2ccc(Br)s2)n1. The summed E-state index contributed by atoms with van der Waals surface area (Å²) in [5.74, 6) is 1.44. The van der Waals surface area contributed by atoms with Gasteiger partial charge in [0.25, 0.3) is 0 Å². The van der Waals surface area contributed by atoms with Crippen molar-refractivity contribution >= 4 is 27.3 Å². The van der Waals surface area contributed by atoms with Crippen molar-refractivity contribution in [2.24, 2.45) is 0 Å². The quantitative estimate of drug-likeness (QED) is 0.921. The molecule has 1 N–H and O–H groups in total. The number of hydrogen-bond acceptors (Lipinski definition) is 5. The molecule has 0 aromatic carbocycles. The van der Waals surface area contributed by atoms with Gasteiger partial charge in [-0.05, 0) is 42.0 Å². The van der Waals surface area contributed by atoms with Crippen molar-refractivity contribution in [2.75, 3.05) is 7.05 Å². The monoisotopic (exact) mass is 315 g/mol. The van der Waals surface area contributed by atoms with Crippen molar-refractivity contribution in [3.05, 3.63) is 32.5 Å². The summed E-state index contributed by atoms with van der Waals surface area (Å²) in [6, 6.07) is 4.45. The van der Waals surface area contributed by atoms with E-state index in [-0.39, 0.29) is 0 Å². The Bertz CT molecular complexity index is 483. The van der Waals surface area contributed by atoms with E-state index in [1.807, 2.05) is 13.1 Å². The van der Waals surface area contributed by atoms with Crippen LogP contribution in [0.5, 0.6) is 0 Å². The second-order valence-electron chi connectivity index (χ2n) is 3.88.